The second kappa shape index (κ2) is 6.33. The predicted molar refractivity (Wildman–Crippen MR) is 99.1 cm³/mol. The number of nitrogens with one attached hydrogen (secondary N) is 1. The van der Waals surface area contributed by atoms with Crippen LogP contribution in [-0.2, 0) is 7.05 Å². The molecule has 1 N–H and O–H groups in total. The Morgan fingerprint density at radius 3 is 2.62 bits per heavy atom. The number of benzene rings is 2. The largest absolute Gasteiger partial charge is 0.451 e. The van der Waals surface area contributed by atoms with E-state index in [4.69, 9.17) is 4.42 Å². The fourth-order valence-electron chi connectivity index (χ4n) is 2.74. The van der Waals surface area contributed by atoms with Crippen molar-refractivity contribution < 1.29 is 9.21 Å². The fraction of sp³-hybridized carbons (Fsp3) is 0.0500. The summed E-state index contributed by atoms with van der Waals surface area (Å²) in [4.78, 5) is 24.2. The fourth-order valence-corrected chi connectivity index (χ4v) is 2.74. The number of aromatic nitrogens is 2. The number of nitrogens with zero attached hydrogens (tertiary/aromatic N) is 2. The van der Waals surface area contributed by atoms with E-state index < -0.39 is 0 Å². The Balaban J connectivity index is 1.69. The zero-order valence-electron chi connectivity index (χ0n) is 14.0. The van der Waals surface area contributed by atoms with Crippen molar-refractivity contribution in [2.24, 2.45) is 7.05 Å². The third-order valence-corrected chi connectivity index (χ3v) is 4.06. The monoisotopic (exact) mass is 345 g/mol. The molecule has 0 aliphatic rings. The summed E-state index contributed by atoms with van der Waals surface area (Å²) >= 11 is 0. The van der Waals surface area contributed by atoms with Crippen LogP contribution in [0.1, 0.15) is 10.6 Å². The Labute approximate surface area is 148 Å². The highest BCUT2D eigenvalue weighted by Gasteiger charge is 2.15. The lowest BCUT2D eigenvalue weighted by molar-refractivity contribution is 0.0999. The molecule has 128 valence electrons. The first-order valence-electron chi connectivity index (χ1n) is 8.05. The van der Waals surface area contributed by atoms with E-state index in [9.17, 15) is 9.59 Å². The Morgan fingerprint density at radius 1 is 1.04 bits per heavy atom. The van der Waals surface area contributed by atoms with Crippen molar-refractivity contribution in [3.8, 4) is 11.3 Å². The SMILES string of the molecule is Cn1nc(-c2ccccc2NC(=O)c2cc3ccccc3o2)ccc1=O. The zero-order valence-corrected chi connectivity index (χ0v) is 14.0. The third-order valence-electron chi connectivity index (χ3n) is 4.06. The van der Waals surface area contributed by atoms with Gasteiger partial charge < -0.3 is 9.73 Å². The van der Waals surface area contributed by atoms with Gasteiger partial charge >= 0.3 is 0 Å². The van der Waals surface area contributed by atoms with E-state index in [0.717, 1.165) is 5.39 Å². The molecule has 0 aliphatic carbocycles. The van der Waals surface area contributed by atoms with Gasteiger partial charge in [-0.2, -0.15) is 5.10 Å². The van der Waals surface area contributed by atoms with E-state index in [1.54, 1.807) is 25.2 Å². The minimum Gasteiger partial charge on any atom is -0.451 e. The topological polar surface area (TPSA) is 77.1 Å². The quantitative estimate of drug-likeness (QED) is 0.617. The summed E-state index contributed by atoms with van der Waals surface area (Å²) in [5.41, 5.74) is 2.35. The number of furan rings is 1. The number of carbonyl (C=O) groups excluding carboxylic acids is 1. The molecule has 0 fully saturated rings. The standard InChI is InChI=1S/C20H15N3O3/c1-23-19(24)11-10-16(22-23)14-7-3-4-8-15(14)21-20(25)18-12-13-6-2-5-9-17(13)26-18/h2-12H,1H3,(H,21,25). The Kier molecular flexibility index (Phi) is 3.85. The molecule has 0 atom stereocenters. The van der Waals surface area contributed by atoms with Gasteiger partial charge in [-0.25, -0.2) is 4.68 Å². The van der Waals surface area contributed by atoms with E-state index in [1.807, 2.05) is 42.5 Å². The number of para-hydroxylation sites is 2. The second-order valence-corrected chi connectivity index (χ2v) is 5.83. The van der Waals surface area contributed by atoms with Gasteiger partial charge in [-0.05, 0) is 24.3 Å². The van der Waals surface area contributed by atoms with Crippen molar-refractivity contribution in [1.29, 1.82) is 0 Å². The number of aryl methyl sites for hydroxylation is 1. The van der Waals surface area contributed by atoms with Gasteiger partial charge in [0.25, 0.3) is 11.5 Å². The van der Waals surface area contributed by atoms with E-state index >= 15 is 0 Å². The number of rotatable bonds is 3. The Morgan fingerprint density at radius 2 is 1.81 bits per heavy atom. The normalized spacial score (nSPS) is 10.8. The summed E-state index contributed by atoms with van der Waals surface area (Å²) < 4.78 is 6.87. The van der Waals surface area contributed by atoms with Crippen LogP contribution in [0.15, 0.2) is 75.9 Å². The molecular formula is C20H15N3O3. The number of anilines is 1. The van der Waals surface area contributed by atoms with Crippen molar-refractivity contribution in [3.05, 3.63) is 82.8 Å². The van der Waals surface area contributed by atoms with Crippen molar-refractivity contribution in [2.45, 2.75) is 0 Å². The zero-order chi connectivity index (χ0) is 18.1. The van der Waals surface area contributed by atoms with Gasteiger partial charge in [0, 0.05) is 24.1 Å². The average molecular weight is 345 g/mol. The van der Waals surface area contributed by atoms with E-state index in [1.165, 1.54) is 10.7 Å². The predicted octanol–water partition coefficient (Wildman–Crippen LogP) is 3.45. The van der Waals surface area contributed by atoms with Crippen LogP contribution in [0.25, 0.3) is 22.2 Å². The molecule has 1 amide bonds. The van der Waals surface area contributed by atoms with Crippen LogP contribution in [0.4, 0.5) is 5.69 Å². The Bertz CT molecular complexity index is 1140. The highest BCUT2D eigenvalue weighted by molar-refractivity contribution is 6.06. The molecule has 2 aromatic heterocycles. The molecule has 6 heteroatoms. The summed E-state index contributed by atoms with van der Waals surface area (Å²) in [6, 6.07) is 19.5. The molecule has 2 aromatic carbocycles. The molecular weight excluding hydrogens is 330 g/mol. The van der Waals surface area contributed by atoms with Crippen LogP contribution in [0, 0.1) is 0 Å². The third kappa shape index (κ3) is 2.88. The summed E-state index contributed by atoms with van der Waals surface area (Å²) in [7, 11) is 1.58. The summed E-state index contributed by atoms with van der Waals surface area (Å²) in [5.74, 6) is -0.118. The number of amides is 1. The van der Waals surface area contributed by atoms with Gasteiger partial charge in [-0.15, -0.1) is 0 Å². The molecule has 6 nitrogen and oxygen atoms in total. The molecule has 4 rings (SSSR count). The first kappa shape index (κ1) is 15.8. The van der Waals surface area contributed by atoms with Gasteiger partial charge in [-0.1, -0.05) is 36.4 Å². The molecule has 0 aliphatic heterocycles. The maximum atomic E-state index is 12.6. The Hall–Kier alpha value is -3.67. The summed E-state index contributed by atoms with van der Waals surface area (Å²) in [6.07, 6.45) is 0. The highest BCUT2D eigenvalue weighted by Crippen LogP contribution is 2.27. The number of fused-ring (bicyclic) bond motifs is 1. The lowest BCUT2D eigenvalue weighted by atomic mass is 10.1. The molecule has 0 spiro atoms. The number of hydrogen-bond donors (Lipinski definition) is 1. The van der Waals surface area contributed by atoms with Crippen LogP contribution < -0.4 is 10.9 Å². The van der Waals surface area contributed by atoms with Crippen LogP contribution in [0.3, 0.4) is 0 Å². The smallest absolute Gasteiger partial charge is 0.291 e. The first-order valence-corrected chi connectivity index (χ1v) is 8.05. The number of carbonyl (C=O) groups is 1. The lowest BCUT2D eigenvalue weighted by Crippen LogP contribution is -2.18. The van der Waals surface area contributed by atoms with Crippen molar-refractivity contribution in [1.82, 2.24) is 9.78 Å². The van der Waals surface area contributed by atoms with Gasteiger partial charge in [-0.3, -0.25) is 9.59 Å². The summed E-state index contributed by atoms with van der Waals surface area (Å²) in [5, 5.41) is 7.97. The number of hydrogen-bond acceptors (Lipinski definition) is 4. The van der Waals surface area contributed by atoms with Gasteiger partial charge in [0.1, 0.15) is 5.58 Å². The molecule has 2 heterocycles. The minimum absolute atomic E-state index is 0.197. The maximum Gasteiger partial charge on any atom is 0.291 e. The summed E-state index contributed by atoms with van der Waals surface area (Å²) in [6.45, 7) is 0. The molecule has 0 saturated heterocycles. The first-order chi connectivity index (χ1) is 12.6. The van der Waals surface area contributed by atoms with Crippen molar-refractivity contribution in [2.75, 3.05) is 5.32 Å². The molecule has 0 bridgehead atoms. The van der Waals surface area contributed by atoms with E-state index in [0.29, 0.717) is 22.5 Å². The maximum absolute atomic E-state index is 12.6. The van der Waals surface area contributed by atoms with Crippen LogP contribution in [0.5, 0.6) is 0 Å². The average Bonchev–Trinajstić information content (AvgIpc) is 3.09. The van der Waals surface area contributed by atoms with Gasteiger partial charge in [0.15, 0.2) is 5.76 Å². The van der Waals surface area contributed by atoms with E-state index in [-0.39, 0.29) is 17.2 Å². The molecule has 0 saturated carbocycles. The van der Waals surface area contributed by atoms with Crippen LogP contribution in [-0.4, -0.2) is 15.7 Å². The van der Waals surface area contributed by atoms with E-state index in [2.05, 4.69) is 10.4 Å². The van der Waals surface area contributed by atoms with Gasteiger partial charge in [0.05, 0.1) is 11.4 Å². The minimum atomic E-state index is -0.349. The van der Waals surface area contributed by atoms with Crippen molar-refractivity contribution in [3.63, 3.8) is 0 Å². The highest BCUT2D eigenvalue weighted by atomic mass is 16.3. The second-order valence-electron chi connectivity index (χ2n) is 5.83. The molecule has 26 heavy (non-hydrogen) atoms. The van der Waals surface area contributed by atoms with Crippen molar-refractivity contribution >= 4 is 22.6 Å². The van der Waals surface area contributed by atoms with Crippen LogP contribution >= 0.6 is 0 Å². The lowest BCUT2D eigenvalue weighted by Gasteiger charge is -2.10. The molecule has 4 aromatic rings. The van der Waals surface area contributed by atoms with Gasteiger partial charge in [0.2, 0.25) is 0 Å². The molecule has 0 unspecified atom stereocenters. The molecule has 0 radical (unpaired) electrons. The van der Waals surface area contributed by atoms with Crippen LogP contribution in [0.2, 0.25) is 0 Å².